The lowest BCUT2D eigenvalue weighted by Crippen LogP contribution is -1.97. The predicted octanol–water partition coefficient (Wildman–Crippen LogP) is 1.65. The predicted molar refractivity (Wildman–Crippen MR) is 49.1 cm³/mol. The molecule has 0 radical (unpaired) electrons. The van der Waals surface area contributed by atoms with Crippen LogP contribution in [0.3, 0.4) is 0 Å². The van der Waals surface area contributed by atoms with Gasteiger partial charge in [-0.3, -0.25) is 4.79 Å². The minimum absolute atomic E-state index is 0.449. The second-order valence-corrected chi connectivity index (χ2v) is 2.59. The van der Waals surface area contributed by atoms with E-state index in [4.69, 9.17) is 9.47 Å². The van der Waals surface area contributed by atoms with Crippen molar-refractivity contribution in [2.75, 3.05) is 14.2 Å². The zero-order chi connectivity index (χ0) is 9.68. The molecule has 0 saturated carbocycles. The molecule has 0 unspecified atom stereocenters. The Balaban J connectivity index is 3.10. The van der Waals surface area contributed by atoms with Gasteiger partial charge in [0.05, 0.1) is 19.3 Å². The van der Waals surface area contributed by atoms with Gasteiger partial charge in [-0.2, -0.15) is 0 Å². The van der Waals surface area contributed by atoms with Gasteiger partial charge < -0.3 is 9.47 Å². The molecule has 13 heavy (non-hydrogen) atoms. The summed E-state index contributed by atoms with van der Waals surface area (Å²) in [5.74, 6) is 0.597. The fraction of sp³-hybridized carbons (Fsp3) is 0.300. The molecule has 1 aromatic rings. The molecule has 0 bridgehead atoms. The van der Waals surface area contributed by atoms with E-state index in [1.807, 2.05) is 6.07 Å². The molecule has 0 atom stereocenters. The molecular weight excluding hydrogens is 168 g/mol. The zero-order valence-corrected chi connectivity index (χ0v) is 7.74. The van der Waals surface area contributed by atoms with Crippen LogP contribution in [0.1, 0.15) is 15.9 Å². The summed E-state index contributed by atoms with van der Waals surface area (Å²) in [6.07, 6.45) is 0.776. The van der Waals surface area contributed by atoms with Gasteiger partial charge >= 0.3 is 0 Å². The topological polar surface area (TPSA) is 35.5 Å². The van der Waals surface area contributed by atoms with Crippen LogP contribution in [0.15, 0.2) is 18.2 Å². The molecule has 0 aliphatic rings. The van der Waals surface area contributed by atoms with Crippen molar-refractivity contribution in [3.63, 3.8) is 0 Å². The summed E-state index contributed by atoms with van der Waals surface area (Å²) in [5, 5.41) is 0. The molecule has 0 aromatic heterocycles. The molecule has 0 saturated heterocycles. The zero-order valence-electron chi connectivity index (χ0n) is 7.74. The molecule has 1 rings (SSSR count). The molecule has 0 amide bonds. The number of hydrogen-bond donors (Lipinski definition) is 0. The Hall–Kier alpha value is -1.35. The van der Waals surface area contributed by atoms with Crippen molar-refractivity contribution in [1.82, 2.24) is 0 Å². The van der Waals surface area contributed by atoms with Crippen LogP contribution in [0.25, 0.3) is 0 Å². The van der Waals surface area contributed by atoms with Crippen LogP contribution in [-0.4, -0.2) is 20.5 Å². The van der Waals surface area contributed by atoms with Crippen LogP contribution in [0, 0.1) is 0 Å². The minimum Gasteiger partial charge on any atom is -0.496 e. The van der Waals surface area contributed by atoms with Crippen molar-refractivity contribution < 1.29 is 14.3 Å². The third-order valence-electron chi connectivity index (χ3n) is 1.76. The van der Waals surface area contributed by atoms with Gasteiger partial charge in [0.15, 0.2) is 6.29 Å². The van der Waals surface area contributed by atoms with Crippen LogP contribution < -0.4 is 4.74 Å². The van der Waals surface area contributed by atoms with Crippen molar-refractivity contribution in [3.8, 4) is 5.75 Å². The summed E-state index contributed by atoms with van der Waals surface area (Å²) in [6.45, 7) is 0.449. The third-order valence-corrected chi connectivity index (χ3v) is 1.76. The van der Waals surface area contributed by atoms with Crippen LogP contribution in [0.4, 0.5) is 0 Å². The van der Waals surface area contributed by atoms with E-state index in [1.165, 1.54) is 0 Å². The Labute approximate surface area is 77.3 Å². The molecule has 0 spiro atoms. The van der Waals surface area contributed by atoms with Crippen LogP contribution in [0.2, 0.25) is 0 Å². The first-order valence-corrected chi connectivity index (χ1v) is 3.93. The minimum atomic E-state index is 0.449. The Morgan fingerprint density at radius 2 is 2.15 bits per heavy atom. The summed E-state index contributed by atoms with van der Waals surface area (Å²) < 4.78 is 10.1. The second-order valence-electron chi connectivity index (χ2n) is 2.59. The average molecular weight is 180 g/mol. The van der Waals surface area contributed by atoms with E-state index < -0.39 is 0 Å². The molecule has 70 valence electrons. The number of hydrogen-bond acceptors (Lipinski definition) is 3. The van der Waals surface area contributed by atoms with Crippen LogP contribution in [0.5, 0.6) is 5.75 Å². The van der Waals surface area contributed by atoms with Gasteiger partial charge in [-0.25, -0.2) is 0 Å². The lowest BCUT2D eigenvalue weighted by atomic mass is 10.1. The fourth-order valence-corrected chi connectivity index (χ4v) is 1.22. The van der Waals surface area contributed by atoms with Crippen molar-refractivity contribution in [3.05, 3.63) is 29.3 Å². The first-order chi connectivity index (χ1) is 6.33. The number of carbonyl (C=O) groups is 1. The summed E-state index contributed by atoms with van der Waals surface area (Å²) >= 11 is 0. The molecule has 3 heteroatoms. The maximum absolute atomic E-state index is 10.6. The van der Waals surface area contributed by atoms with Crippen molar-refractivity contribution in [2.45, 2.75) is 6.61 Å². The number of benzene rings is 1. The van der Waals surface area contributed by atoms with E-state index in [0.29, 0.717) is 17.9 Å². The number of aldehydes is 1. The van der Waals surface area contributed by atoms with Crippen LogP contribution >= 0.6 is 0 Å². The smallest absolute Gasteiger partial charge is 0.153 e. The summed E-state index contributed by atoms with van der Waals surface area (Å²) in [6, 6.07) is 5.39. The highest BCUT2D eigenvalue weighted by Crippen LogP contribution is 2.22. The lowest BCUT2D eigenvalue weighted by Gasteiger charge is -2.08. The van der Waals surface area contributed by atoms with Crippen molar-refractivity contribution in [2.24, 2.45) is 0 Å². The Bertz CT molecular complexity index is 294. The maximum Gasteiger partial charge on any atom is 0.153 e. The highest BCUT2D eigenvalue weighted by atomic mass is 16.5. The van der Waals surface area contributed by atoms with E-state index in [-0.39, 0.29) is 0 Å². The van der Waals surface area contributed by atoms with Gasteiger partial charge in [0.25, 0.3) is 0 Å². The summed E-state index contributed by atoms with van der Waals surface area (Å²) in [7, 11) is 3.15. The van der Waals surface area contributed by atoms with Gasteiger partial charge in [-0.15, -0.1) is 0 Å². The fourth-order valence-electron chi connectivity index (χ4n) is 1.22. The molecule has 0 aliphatic heterocycles. The molecule has 3 nitrogen and oxygen atoms in total. The molecular formula is C10H12O3. The Morgan fingerprint density at radius 1 is 1.38 bits per heavy atom. The number of carbonyl (C=O) groups excluding carboxylic acids is 1. The van der Waals surface area contributed by atoms with E-state index in [1.54, 1.807) is 26.4 Å². The van der Waals surface area contributed by atoms with Gasteiger partial charge in [0.2, 0.25) is 0 Å². The van der Waals surface area contributed by atoms with E-state index in [2.05, 4.69) is 0 Å². The molecule has 0 aliphatic carbocycles. The standard InChI is InChI=1S/C10H12O3/c1-12-7-9-5-3-4-8(6-11)10(9)13-2/h3-6H,7H2,1-2H3. The second kappa shape index (κ2) is 4.62. The SMILES string of the molecule is COCc1cccc(C=O)c1OC. The van der Waals surface area contributed by atoms with Crippen molar-refractivity contribution >= 4 is 6.29 Å². The van der Waals surface area contributed by atoms with Crippen LogP contribution in [-0.2, 0) is 11.3 Å². The van der Waals surface area contributed by atoms with Gasteiger partial charge in [-0.05, 0) is 6.07 Å². The highest BCUT2D eigenvalue weighted by molar-refractivity contribution is 5.80. The van der Waals surface area contributed by atoms with Gasteiger partial charge in [0.1, 0.15) is 5.75 Å². The molecule has 1 aromatic carbocycles. The Morgan fingerprint density at radius 3 is 2.69 bits per heavy atom. The summed E-state index contributed by atoms with van der Waals surface area (Å²) in [4.78, 5) is 10.6. The number of para-hydroxylation sites is 1. The number of rotatable bonds is 4. The monoisotopic (exact) mass is 180 g/mol. The van der Waals surface area contributed by atoms with Gasteiger partial charge in [-0.1, -0.05) is 12.1 Å². The maximum atomic E-state index is 10.6. The largest absolute Gasteiger partial charge is 0.496 e. The third kappa shape index (κ3) is 2.06. The Kier molecular flexibility index (Phi) is 3.46. The highest BCUT2D eigenvalue weighted by Gasteiger charge is 2.06. The molecule has 0 fully saturated rings. The first kappa shape index (κ1) is 9.74. The summed E-state index contributed by atoms with van der Waals surface area (Å²) in [5.41, 5.74) is 1.44. The van der Waals surface area contributed by atoms with E-state index >= 15 is 0 Å². The average Bonchev–Trinajstić information content (AvgIpc) is 2.18. The number of ether oxygens (including phenoxy) is 2. The molecule has 0 N–H and O–H groups in total. The lowest BCUT2D eigenvalue weighted by molar-refractivity contribution is 0.112. The van der Waals surface area contributed by atoms with Crippen molar-refractivity contribution in [1.29, 1.82) is 0 Å². The first-order valence-electron chi connectivity index (χ1n) is 3.93. The molecule has 0 heterocycles. The quantitative estimate of drug-likeness (QED) is 0.661. The van der Waals surface area contributed by atoms with E-state index in [9.17, 15) is 4.79 Å². The van der Waals surface area contributed by atoms with E-state index in [0.717, 1.165) is 11.8 Å². The number of methoxy groups -OCH3 is 2. The van der Waals surface area contributed by atoms with Gasteiger partial charge in [0, 0.05) is 12.7 Å². The normalized spacial score (nSPS) is 9.69.